The first kappa shape index (κ1) is 13.4. The number of anilines is 1. The van der Waals surface area contributed by atoms with Crippen molar-refractivity contribution < 1.29 is 0 Å². The van der Waals surface area contributed by atoms with Crippen LogP contribution in [0, 0.1) is 6.92 Å². The van der Waals surface area contributed by atoms with E-state index in [1.165, 1.54) is 11.1 Å². The summed E-state index contributed by atoms with van der Waals surface area (Å²) in [6.07, 6.45) is 0. The van der Waals surface area contributed by atoms with Crippen LogP contribution in [0.1, 0.15) is 24.1 Å². The van der Waals surface area contributed by atoms with Crippen LogP contribution in [0.25, 0.3) is 10.2 Å². The summed E-state index contributed by atoms with van der Waals surface area (Å²) in [4.78, 5) is 4.58. The van der Waals surface area contributed by atoms with Gasteiger partial charge in [-0.1, -0.05) is 52.8 Å². The number of nitrogens with one attached hydrogen (secondary N) is 1. The van der Waals surface area contributed by atoms with Crippen LogP contribution in [-0.2, 0) is 0 Å². The Labute approximate surface area is 127 Å². The van der Waals surface area contributed by atoms with Gasteiger partial charge in [0.25, 0.3) is 0 Å². The van der Waals surface area contributed by atoms with E-state index < -0.39 is 0 Å². The van der Waals surface area contributed by atoms with Crippen LogP contribution in [0.3, 0.4) is 0 Å². The number of benzene rings is 2. The van der Waals surface area contributed by atoms with E-state index in [0.717, 1.165) is 20.4 Å². The zero-order chi connectivity index (χ0) is 14.1. The lowest BCUT2D eigenvalue weighted by atomic mass is 10.1. The largest absolute Gasteiger partial charge is 0.355 e. The van der Waals surface area contributed by atoms with E-state index in [-0.39, 0.29) is 6.04 Å². The Balaban J connectivity index is 1.83. The van der Waals surface area contributed by atoms with Crippen molar-refractivity contribution >= 4 is 38.3 Å². The Morgan fingerprint density at radius 3 is 2.65 bits per heavy atom. The lowest BCUT2D eigenvalue weighted by Gasteiger charge is -2.13. The van der Waals surface area contributed by atoms with E-state index >= 15 is 0 Å². The van der Waals surface area contributed by atoms with Gasteiger partial charge in [-0.25, -0.2) is 4.98 Å². The fourth-order valence-corrected chi connectivity index (χ4v) is 3.19. The van der Waals surface area contributed by atoms with Crippen molar-refractivity contribution in [3.63, 3.8) is 0 Å². The van der Waals surface area contributed by atoms with Crippen molar-refractivity contribution in [1.82, 2.24) is 4.98 Å². The Kier molecular flexibility index (Phi) is 3.64. The summed E-state index contributed by atoms with van der Waals surface area (Å²) in [7, 11) is 0. The van der Waals surface area contributed by atoms with Crippen LogP contribution in [0.15, 0.2) is 42.5 Å². The molecule has 3 rings (SSSR count). The molecule has 0 spiro atoms. The van der Waals surface area contributed by atoms with Gasteiger partial charge in [0, 0.05) is 5.02 Å². The van der Waals surface area contributed by atoms with Gasteiger partial charge in [-0.15, -0.1) is 0 Å². The molecule has 4 heteroatoms. The highest BCUT2D eigenvalue weighted by Gasteiger charge is 2.09. The molecule has 20 heavy (non-hydrogen) atoms. The normalized spacial score (nSPS) is 12.6. The minimum absolute atomic E-state index is 0.228. The van der Waals surface area contributed by atoms with Crippen molar-refractivity contribution in [3.8, 4) is 0 Å². The summed E-state index contributed by atoms with van der Waals surface area (Å²) in [5, 5.41) is 5.10. The Bertz CT molecular complexity index is 734. The summed E-state index contributed by atoms with van der Waals surface area (Å²) in [6, 6.07) is 14.6. The number of rotatable bonds is 3. The number of aryl methyl sites for hydroxylation is 1. The van der Waals surface area contributed by atoms with Crippen molar-refractivity contribution in [2.45, 2.75) is 19.9 Å². The van der Waals surface area contributed by atoms with E-state index in [1.807, 2.05) is 18.2 Å². The van der Waals surface area contributed by atoms with E-state index in [4.69, 9.17) is 11.6 Å². The fraction of sp³-hybridized carbons (Fsp3) is 0.188. The van der Waals surface area contributed by atoms with Gasteiger partial charge < -0.3 is 5.32 Å². The van der Waals surface area contributed by atoms with Gasteiger partial charge in [0.15, 0.2) is 5.13 Å². The molecular formula is C16H15ClN2S. The number of nitrogens with zero attached hydrogens (tertiary/aromatic N) is 1. The number of fused-ring (bicyclic) bond motifs is 1. The highest BCUT2D eigenvalue weighted by molar-refractivity contribution is 7.22. The molecule has 0 bridgehead atoms. The van der Waals surface area contributed by atoms with Crippen LogP contribution < -0.4 is 5.32 Å². The molecule has 1 unspecified atom stereocenters. The molecule has 1 aromatic heterocycles. The predicted octanol–water partition coefficient (Wildman–Crippen LogP) is 5.43. The second kappa shape index (κ2) is 5.43. The summed E-state index contributed by atoms with van der Waals surface area (Å²) < 4.78 is 1.15. The first-order valence-corrected chi connectivity index (χ1v) is 7.70. The quantitative estimate of drug-likeness (QED) is 0.697. The maximum absolute atomic E-state index is 5.99. The first-order valence-electron chi connectivity index (χ1n) is 6.51. The van der Waals surface area contributed by atoms with Gasteiger partial charge in [0.05, 0.1) is 16.3 Å². The Morgan fingerprint density at radius 1 is 1.15 bits per heavy atom. The zero-order valence-electron chi connectivity index (χ0n) is 11.4. The molecule has 0 saturated carbocycles. The van der Waals surface area contributed by atoms with Crippen LogP contribution in [0.2, 0.25) is 5.02 Å². The monoisotopic (exact) mass is 302 g/mol. The van der Waals surface area contributed by atoms with Crippen LogP contribution >= 0.6 is 22.9 Å². The van der Waals surface area contributed by atoms with Crippen LogP contribution in [0.4, 0.5) is 5.13 Å². The molecule has 0 aliphatic heterocycles. The molecule has 1 atom stereocenters. The Hall–Kier alpha value is -1.58. The van der Waals surface area contributed by atoms with Crippen molar-refractivity contribution in [2.75, 3.05) is 5.32 Å². The fourth-order valence-electron chi connectivity index (χ4n) is 2.09. The first-order chi connectivity index (χ1) is 9.61. The zero-order valence-corrected chi connectivity index (χ0v) is 12.9. The molecule has 0 radical (unpaired) electrons. The van der Waals surface area contributed by atoms with E-state index in [1.54, 1.807) is 11.3 Å². The summed E-state index contributed by atoms with van der Waals surface area (Å²) in [5.41, 5.74) is 3.48. The number of hydrogen-bond donors (Lipinski definition) is 1. The number of hydrogen-bond acceptors (Lipinski definition) is 3. The summed E-state index contributed by atoms with van der Waals surface area (Å²) >= 11 is 7.64. The highest BCUT2D eigenvalue weighted by Crippen LogP contribution is 2.30. The second-order valence-corrected chi connectivity index (χ2v) is 6.37. The topological polar surface area (TPSA) is 24.9 Å². The lowest BCUT2D eigenvalue weighted by Crippen LogP contribution is -2.05. The number of thiazole rings is 1. The molecule has 3 aromatic rings. The van der Waals surface area contributed by atoms with Crippen LogP contribution in [-0.4, -0.2) is 4.98 Å². The predicted molar refractivity (Wildman–Crippen MR) is 87.8 cm³/mol. The molecule has 2 nitrogen and oxygen atoms in total. The minimum Gasteiger partial charge on any atom is -0.355 e. The second-order valence-electron chi connectivity index (χ2n) is 4.91. The smallest absolute Gasteiger partial charge is 0.184 e. The average Bonchev–Trinajstić information content (AvgIpc) is 2.80. The third-order valence-electron chi connectivity index (χ3n) is 3.27. The molecule has 1 heterocycles. The average molecular weight is 303 g/mol. The molecule has 0 aliphatic rings. The van der Waals surface area contributed by atoms with Gasteiger partial charge >= 0.3 is 0 Å². The molecule has 0 aliphatic carbocycles. The maximum atomic E-state index is 5.99. The third kappa shape index (κ3) is 2.79. The standard InChI is InChI=1S/C16H15ClN2S/c1-10-3-5-12(6-4-10)11(2)18-16-19-14-9-13(17)7-8-15(14)20-16/h3-9,11H,1-2H3,(H,18,19). The molecular weight excluding hydrogens is 288 g/mol. The SMILES string of the molecule is Cc1ccc(C(C)Nc2nc3cc(Cl)ccc3s2)cc1. The molecule has 2 aromatic carbocycles. The third-order valence-corrected chi connectivity index (χ3v) is 4.47. The van der Waals surface area contributed by atoms with Crippen molar-refractivity contribution in [3.05, 3.63) is 58.6 Å². The van der Waals surface area contributed by atoms with Gasteiger partial charge in [-0.3, -0.25) is 0 Å². The summed E-state index contributed by atoms with van der Waals surface area (Å²) in [6.45, 7) is 4.24. The van der Waals surface area contributed by atoms with Gasteiger partial charge in [-0.05, 0) is 37.6 Å². The van der Waals surface area contributed by atoms with Gasteiger partial charge in [0.1, 0.15) is 0 Å². The molecule has 0 amide bonds. The van der Waals surface area contributed by atoms with Crippen molar-refractivity contribution in [1.29, 1.82) is 0 Å². The summed E-state index contributed by atoms with van der Waals surface area (Å²) in [5.74, 6) is 0. The number of aromatic nitrogens is 1. The van der Waals surface area contributed by atoms with E-state index in [2.05, 4.69) is 48.4 Å². The van der Waals surface area contributed by atoms with Crippen molar-refractivity contribution in [2.24, 2.45) is 0 Å². The molecule has 0 fully saturated rings. The van der Waals surface area contributed by atoms with E-state index in [0.29, 0.717) is 0 Å². The van der Waals surface area contributed by atoms with Crippen LogP contribution in [0.5, 0.6) is 0 Å². The van der Waals surface area contributed by atoms with E-state index in [9.17, 15) is 0 Å². The van der Waals surface area contributed by atoms with Gasteiger partial charge in [0.2, 0.25) is 0 Å². The molecule has 0 saturated heterocycles. The molecule has 102 valence electrons. The highest BCUT2D eigenvalue weighted by atomic mass is 35.5. The van der Waals surface area contributed by atoms with Gasteiger partial charge in [-0.2, -0.15) is 0 Å². The maximum Gasteiger partial charge on any atom is 0.184 e. The Morgan fingerprint density at radius 2 is 1.90 bits per heavy atom. The molecule has 1 N–H and O–H groups in total. The number of halogens is 1. The lowest BCUT2D eigenvalue weighted by molar-refractivity contribution is 0.882. The minimum atomic E-state index is 0.228.